The summed E-state index contributed by atoms with van der Waals surface area (Å²) in [6.07, 6.45) is -1.00. The largest absolute Gasteiger partial charge is 0.489 e. The second-order valence-electron chi connectivity index (χ2n) is 12.1. The third kappa shape index (κ3) is 10.9. The topological polar surface area (TPSA) is 125 Å². The number of ether oxygens (including phenoxy) is 2. The first kappa shape index (κ1) is 35.0. The summed E-state index contributed by atoms with van der Waals surface area (Å²) in [7, 11) is -3.99. The highest BCUT2D eigenvalue weighted by molar-refractivity contribution is 7.89. The first-order valence-electron chi connectivity index (χ1n) is 14.9. The van der Waals surface area contributed by atoms with Crippen molar-refractivity contribution in [3.05, 3.63) is 95.6 Å². The van der Waals surface area contributed by atoms with E-state index in [4.69, 9.17) is 9.47 Å². The highest BCUT2D eigenvalue weighted by atomic mass is 32.2. The number of aliphatic hydroxyl groups is 2. The van der Waals surface area contributed by atoms with Crippen LogP contribution in [0.4, 0.5) is 4.79 Å². The van der Waals surface area contributed by atoms with E-state index in [9.17, 15) is 23.4 Å². The van der Waals surface area contributed by atoms with Crippen LogP contribution >= 0.6 is 0 Å². The fraction of sp³-hybridized carbons (Fsp3) is 0.441. The predicted molar refractivity (Wildman–Crippen MR) is 171 cm³/mol. The minimum Gasteiger partial charge on any atom is -0.489 e. The summed E-state index contributed by atoms with van der Waals surface area (Å²) >= 11 is 0. The molecule has 0 saturated heterocycles. The van der Waals surface area contributed by atoms with Gasteiger partial charge in [-0.15, -0.1) is 0 Å². The molecule has 0 heterocycles. The number of carbonyl (C=O) groups is 1. The maximum absolute atomic E-state index is 13.7. The van der Waals surface area contributed by atoms with Gasteiger partial charge in [0.2, 0.25) is 10.0 Å². The number of amides is 1. The molecule has 44 heavy (non-hydrogen) atoms. The van der Waals surface area contributed by atoms with E-state index in [1.165, 1.54) is 16.4 Å². The van der Waals surface area contributed by atoms with E-state index < -0.39 is 33.9 Å². The molecular formula is C34H46N2O7S. The Morgan fingerprint density at radius 1 is 0.909 bits per heavy atom. The summed E-state index contributed by atoms with van der Waals surface area (Å²) in [5, 5.41) is 23.6. The number of nitrogens with one attached hydrogen (secondary N) is 1. The molecule has 0 aliphatic rings. The molecule has 0 aliphatic heterocycles. The molecule has 0 unspecified atom stereocenters. The lowest BCUT2D eigenvalue weighted by atomic mass is 10.0. The van der Waals surface area contributed by atoms with E-state index in [1.807, 2.05) is 68.4 Å². The zero-order valence-corrected chi connectivity index (χ0v) is 27.1. The van der Waals surface area contributed by atoms with Gasteiger partial charge in [-0.2, -0.15) is 4.31 Å². The normalized spacial score (nSPS) is 14.1. The predicted octanol–water partition coefficient (Wildman–Crippen LogP) is 5.29. The van der Waals surface area contributed by atoms with Crippen molar-refractivity contribution in [2.75, 3.05) is 13.1 Å². The van der Waals surface area contributed by atoms with E-state index >= 15 is 0 Å². The van der Waals surface area contributed by atoms with Crippen LogP contribution in [0.15, 0.2) is 83.8 Å². The number of rotatable bonds is 15. The number of sulfonamides is 1. The van der Waals surface area contributed by atoms with Crippen LogP contribution in [0.2, 0.25) is 0 Å². The Morgan fingerprint density at radius 2 is 1.52 bits per heavy atom. The zero-order chi connectivity index (χ0) is 32.3. The van der Waals surface area contributed by atoms with Gasteiger partial charge < -0.3 is 25.0 Å². The minimum absolute atomic E-state index is 0.0226. The Hall–Kier alpha value is -3.44. The lowest BCUT2D eigenvalue weighted by Gasteiger charge is -2.31. The van der Waals surface area contributed by atoms with E-state index in [2.05, 4.69) is 5.32 Å². The van der Waals surface area contributed by atoms with Crippen molar-refractivity contribution >= 4 is 16.1 Å². The molecular weight excluding hydrogens is 580 g/mol. The number of nitrogens with zero attached hydrogens (tertiary/aromatic N) is 1. The van der Waals surface area contributed by atoms with Crippen LogP contribution in [0.25, 0.3) is 0 Å². The van der Waals surface area contributed by atoms with Gasteiger partial charge in [0, 0.05) is 13.1 Å². The van der Waals surface area contributed by atoms with Crippen molar-refractivity contribution < 1.29 is 32.9 Å². The Kier molecular flexibility index (Phi) is 12.8. The van der Waals surface area contributed by atoms with Crippen molar-refractivity contribution in [3.63, 3.8) is 0 Å². The maximum Gasteiger partial charge on any atom is 0.407 e. The molecule has 1 amide bonds. The smallest absolute Gasteiger partial charge is 0.407 e. The fourth-order valence-corrected chi connectivity index (χ4v) is 6.04. The molecule has 9 nitrogen and oxygen atoms in total. The monoisotopic (exact) mass is 626 g/mol. The van der Waals surface area contributed by atoms with Crippen molar-refractivity contribution in [2.24, 2.45) is 5.92 Å². The molecule has 0 fully saturated rings. The van der Waals surface area contributed by atoms with Crippen LogP contribution in [0.1, 0.15) is 57.7 Å². The molecule has 3 N–H and O–H groups in total. The molecule has 0 radical (unpaired) electrons. The zero-order valence-electron chi connectivity index (χ0n) is 26.3. The summed E-state index contributed by atoms with van der Waals surface area (Å²) in [6, 6.07) is 22.3. The van der Waals surface area contributed by atoms with Gasteiger partial charge in [0.05, 0.1) is 23.6 Å². The van der Waals surface area contributed by atoms with E-state index in [-0.39, 0.29) is 36.9 Å². The lowest BCUT2D eigenvalue weighted by molar-refractivity contribution is 0.0399. The number of alkyl carbamates (subject to hydrolysis) is 1. The summed E-state index contributed by atoms with van der Waals surface area (Å²) in [4.78, 5) is 12.9. The van der Waals surface area contributed by atoms with Crippen molar-refractivity contribution in [1.82, 2.24) is 9.62 Å². The number of aliphatic hydroxyl groups excluding tert-OH is 2. The van der Waals surface area contributed by atoms with Crippen molar-refractivity contribution in [2.45, 2.75) is 83.3 Å². The molecule has 3 aromatic carbocycles. The van der Waals surface area contributed by atoms with Crippen LogP contribution < -0.4 is 10.1 Å². The third-order valence-electron chi connectivity index (χ3n) is 7.14. The number of hydrogen-bond acceptors (Lipinski definition) is 7. The van der Waals surface area contributed by atoms with Crippen LogP contribution in [-0.2, 0) is 34.4 Å². The standard InChI is InChI=1S/C34H46N2O7S/c1-6-25(2)21-36(44(40,41)30-18-14-27(23-37)15-19-30)22-32(38)31(35-33(39)43-34(3,4)5)20-26-12-16-29(17-13-26)42-24-28-10-8-7-9-11-28/h7-19,25,31-32,37-38H,6,20-24H2,1-5H3,(H,35,39)/t25-,31-,32+/m0/s1. The van der Waals surface area contributed by atoms with Gasteiger partial charge >= 0.3 is 6.09 Å². The molecule has 240 valence electrons. The summed E-state index contributed by atoms with van der Waals surface area (Å²) < 4.78 is 40.1. The molecule has 0 spiro atoms. The van der Waals surface area contributed by atoms with Crippen LogP contribution in [0, 0.1) is 5.92 Å². The first-order valence-corrected chi connectivity index (χ1v) is 16.4. The fourth-order valence-electron chi connectivity index (χ4n) is 4.46. The molecule has 0 saturated carbocycles. The van der Waals surface area contributed by atoms with Gasteiger partial charge in [-0.25, -0.2) is 13.2 Å². The van der Waals surface area contributed by atoms with Crippen LogP contribution in [0.5, 0.6) is 5.75 Å². The van der Waals surface area contributed by atoms with Crippen LogP contribution in [-0.4, -0.2) is 59.9 Å². The number of benzene rings is 3. The Morgan fingerprint density at radius 3 is 2.09 bits per heavy atom. The highest BCUT2D eigenvalue weighted by Crippen LogP contribution is 2.22. The summed E-state index contributed by atoms with van der Waals surface area (Å²) in [5.41, 5.74) is 1.69. The number of hydrogen-bond donors (Lipinski definition) is 3. The van der Waals surface area contributed by atoms with Crippen molar-refractivity contribution in [3.8, 4) is 5.75 Å². The SMILES string of the molecule is CC[C@H](C)CN(C[C@@H](O)[C@H](Cc1ccc(OCc2ccccc2)cc1)NC(=O)OC(C)(C)C)S(=O)(=O)c1ccc(CO)cc1. The Bertz CT molecular complexity index is 1410. The van der Waals surface area contributed by atoms with Gasteiger partial charge in [0.1, 0.15) is 18.0 Å². The van der Waals surface area contributed by atoms with E-state index in [0.717, 1.165) is 17.5 Å². The Labute approximate surface area is 261 Å². The quantitative estimate of drug-likeness (QED) is 0.209. The molecule has 0 aromatic heterocycles. The van der Waals surface area contributed by atoms with Gasteiger partial charge in [-0.1, -0.05) is 74.9 Å². The minimum atomic E-state index is -3.99. The first-order chi connectivity index (χ1) is 20.8. The lowest BCUT2D eigenvalue weighted by Crippen LogP contribution is -2.52. The van der Waals surface area contributed by atoms with Gasteiger partial charge in [-0.05, 0) is 74.1 Å². The average molecular weight is 627 g/mol. The van der Waals surface area contributed by atoms with E-state index in [0.29, 0.717) is 17.9 Å². The molecule has 0 aliphatic carbocycles. The summed E-state index contributed by atoms with van der Waals surface area (Å²) in [6.45, 7) is 9.32. The van der Waals surface area contributed by atoms with Crippen LogP contribution in [0.3, 0.4) is 0 Å². The summed E-state index contributed by atoms with van der Waals surface area (Å²) in [5.74, 6) is 0.697. The van der Waals surface area contributed by atoms with Crippen molar-refractivity contribution in [1.29, 1.82) is 0 Å². The molecule has 3 aromatic rings. The second kappa shape index (κ2) is 16.0. The number of carbonyl (C=O) groups excluding carboxylic acids is 1. The average Bonchev–Trinajstić information content (AvgIpc) is 2.99. The van der Waals surface area contributed by atoms with E-state index in [1.54, 1.807) is 32.9 Å². The third-order valence-corrected chi connectivity index (χ3v) is 8.99. The molecule has 0 bridgehead atoms. The Balaban J connectivity index is 1.82. The van der Waals surface area contributed by atoms with Gasteiger partial charge in [0.25, 0.3) is 0 Å². The molecule has 3 rings (SSSR count). The van der Waals surface area contributed by atoms with Gasteiger partial charge in [0.15, 0.2) is 0 Å². The second-order valence-corrected chi connectivity index (χ2v) is 14.0. The van der Waals surface area contributed by atoms with Gasteiger partial charge in [-0.3, -0.25) is 0 Å². The highest BCUT2D eigenvalue weighted by Gasteiger charge is 2.32. The molecule has 10 heteroatoms. The maximum atomic E-state index is 13.7. The molecule has 3 atom stereocenters.